The van der Waals surface area contributed by atoms with E-state index in [4.69, 9.17) is 11.6 Å². The Morgan fingerprint density at radius 1 is 1.18 bits per heavy atom. The summed E-state index contributed by atoms with van der Waals surface area (Å²) in [5.41, 5.74) is 2.65. The highest BCUT2D eigenvalue weighted by atomic mass is 35.5. The lowest BCUT2D eigenvalue weighted by Gasteiger charge is -2.12. The minimum absolute atomic E-state index is 0.188. The van der Waals surface area contributed by atoms with Gasteiger partial charge in [-0.15, -0.1) is 0 Å². The number of hydrogen-bond donors (Lipinski definition) is 2. The quantitative estimate of drug-likeness (QED) is 0.899. The lowest BCUT2D eigenvalue weighted by Crippen LogP contribution is -2.18. The maximum absolute atomic E-state index is 12.4. The highest BCUT2D eigenvalue weighted by Crippen LogP contribution is 2.21. The van der Waals surface area contributed by atoms with Crippen LogP contribution in [0.1, 0.15) is 35.6 Å². The zero-order valence-corrected chi connectivity index (χ0v) is 13.8. The van der Waals surface area contributed by atoms with Crippen LogP contribution in [0.15, 0.2) is 24.3 Å². The van der Waals surface area contributed by atoms with E-state index in [0.29, 0.717) is 22.4 Å². The molecule has 1 amide bonds. The maximum Gasteiger partial charge on any atom is 0.274 e. The summed E-state index contributed by atoms with van der Waals surface area (Å²) in [7, 11) is 0. The molecule has 22 heavy (non-hydrogen) atoms. The van der Waals surface area contributed by atoms with Gasteiger partial charge in [0.1, 0.15) is 5.69 Å². The summed E-state index contributed by atoms with van der Waals surface area (Å²) in [4.78, 5) is 20.9. The van der Waals surface area contributed by atoms with E-state index in [0.717, 1.165) is 11.3 Å². The lowest BCUT2D eigenvalue weighted by molar-refractivity contribution is 0.102. The first-order chi connectivity index (χ1) is 10.3. The molecule has 1 heterocycles. The Bertz CT molecular complexity index is 701. The maximum atomic E-state index is 12.4. The van der Waals surface area contributed by atoms with Gasteiger partial charge in [0.05, 0.1) is 0 Å². The summed E-state index contributed by atoms with van der Waals surface area (Å²) in [5.74, 6) is 0.158. The lowest BCUT2D eigenvalue weighted by atomic mass is 10.2. The van der Waals surface area contributed by atoms with Crippen LogP contribution in [0.3, 0.4) is 0 Å². The number of carbonyl (C=O) groups excluding carboxylic acids is 1. The van der Waals surface area contributed by atoms with Gasteiger partial charge in [0.25, 0.3) is 5.91 Å². The van der Waals surface area contributed by atoms with Crippen LogP contribution >= 0.6 is 11.6 Å². The Morgan fingerprint density at radius 3 is 2.59 bits per heavy atom. The van der Waals surface area contributed by atoms with Crippen LogP contribution in [0.25, 0.3) is 0 Å². The molecule has 0 aliphatic carbocycles. The Labute approximate surface area is 135 Å². The average molecular weight is 319 g/mol. The summed E-state index contributed by atoms with van der Waals surface area (Å²) >= 11 is 5.97. The molecule has 0 aliphatic heterocycles. The van der Waals surface area contributed by atoms with E-state index in [9.17, 15) is 4.79 Å². The number of benzene rings is 1. The summed E-state index contributed by atoms with van der Waals surface area (Å²) in [6.45, 7) is 7.71. The van der Waals surface area contributed by atoms with Gasteiger partial charge in [-0.05, 0) is 51.5 Å². The predicted octanol–water partition coefficient (Wildman–Crippen LogP) is 3.82. The minimum Gasteiger partial charge on any atom is -0.352 e. The van der Waals surface area contributed by atoms with Crippen molar-refractivity contribution < 1.29 is 4.79 Å². The van der Waals surface area contributed by atoms with E-state index >= 15 is 0 Å². The molecule has 1 aromatic heterocycles. The third-order valence-corrected chi connectivity index (χ3v) is 3.19. The summed E-state index contributed by atoms with van der Waals surface area (Å²) < 4.78 is 0. The Kier molecular flexibility index (Phi) is 4.98. The molecule has 2 rings (SSSR count). The van der Waals surface area contributed by atoms with Crippen molar-refractivity contribution in [2.24, 2.45) is 0 Å². The fourth-order valence-electron chi connectivity index (χ4n) is 1.92. The van der Waals surface area contributed by atoms with Crippen molar-refractivity contribution in [2.75, 3.05) is 10.6 Å². The van der Waals surface area contributed by atoms with Crippen LogP contribution in [0.5, 0.6) is 0 Å². The number of hydrogen-bond acceptors (Lipinski definition) is 4. The van der Waals surface area contributed by atoms with Crippen LogP contribution in [-0.4, -0.2) is 21.9 Å². The van der Waals surface area contributed by atoms with Crippen LogP contribution < -0.4 is 10.6 Å². The molecule has 0 fully saturated rings. The van der Waals surface area contributed by atoms with E-state index in [1.165, 1.54) is 0 Å². The molecule has 5 nitrogen and oxygen atoms in total. The number of halogens is 1. The number of aryl methyl sites for hydroxylation is 2. The molecule has 0 unspecified atom stereocenters. The largest absolute Gasteiger partial charge is 0.352 e. The summed E-state index contributed by atoms with van der Waals surface area (Å²) in [6.07, 6.45) is 0. The highest BCUT2D eigenvalue weighted by molar-refractivity contribution is 6.31. The predicted molar refractivity (Wildman–Crippen MR) is 89.7 cm³/mol. The molecule has 0 radical (unpaired) electrons. The molecule has 2 N–H and O–H groups in total. The van der Waals surface area contributed by atoms with Crippen LogP contribution in [0.4, 0.5) is 11.6 Å². The first-order valence-electron chi connectivity index (χ1n) is 7.05. The molecule has 1 aromatic carbocycles. The molecule has 0 spiro atoms. The highest BCUT2D eigenvalue weighted by Gasteiger charge is 2.12. The fourth-order valence-corrected chi connectivity index (χ4v) is 2.09. The first-order valence-corrected chi connectivity index (χ1v) is 7.42. The molecule has 0 atom stereocenters. The Hall–Kier alpha value is -2.14. The van der Waals surface area contributed by atoms with Gasteiger partial charge < -0.3 is 10.6 Å². The summed E-state index contributed by atoms with van der Waals surface area (Å²) in [6, 6.07) is 7.20. The number of carbonyl (C=O) groups is 1. The second-order valence-electron chi connectivity index (χ2n) is 5.43. The summed E-state index contributed by atoms with van der Waals surface area (Å²) in [5, 5.41) is 6.51. The minimum atomic E-state index is -0.289. The van der Waals surface area contributed by atoms with Gasteiger partial charge in [-0.1, -0.05) is 17.7 Å². The second kappa shape index (κ2) is 6.75. The van der Waals surface area contributed by atoms with Crippen molar-refractivity contribution in [1.29, 1.82) is 0 Å². The van der Waals surface area contributed by atoms with Crippen molar-refractivity contribution in [3.05, 3.63) is 46.2 Å². The van der Waals surface area contributed by atoms with Crippen molar-refractivity contribution in [2.45, 2.75) is 33.7 Å². The third kappa shape index (κ3) is 4.18. The second-order valence-corrected chi connectivity index (χ2v) is 5.87. The standard InChI is InChI=1S/C16H19ClN4O/c1-9(2)18-16-19-11(4)7-14(21-16)15(22)20-13-8-12(17)6-5-10(13)3/h5-9H,1-4H3,(H,20,22)(H,18,19,21). The molecule has 0 saturated carbocycles. The van der Waals surface area contributed by atoms with Gasteiger partial charge in [0.2, 0.25) is 5.95 Å². The molecule has 0 aliphatic rings. The zero-order valence-electron chi connectivity index (χ0n) is 13.1. The number of nitrogens with one attached hydrogen (secondary N) is 2. The van der Waals surface area contributed by atoms with Gasteiger partial charge in [0, 0.05) is 22.4 Å². The van der Waals surface area contributed by atoms with E-state index < -0.39 is 0 Å². The molecule has 0 saturated heterocycles. The average Bonchev–Trinajstić information content (AvgIpc) is 2.41. The Balaban J connectivity index is 2.25. The molecule has 2 aromatic rings. The Morgan fingerprint density at radius 2 is 1.91 bits per heavy atom. The molecule has 6 heteroatoms. The van der Waals surface area contributed by atoms with E-state index in [1.54, 1.807) is 18.2 Å². The zero-order chi connectivity index (χ0) is 16.3. The van der Waals surface area contributed by atoms with Gasteiger partial charge in [-0.2, -0.15) is 0 Å². The van der Waals surface area contributed by atoms with Gasteiger partial charge in [-0.3, -0.25) is 4.79 Å². The molecule has 116 valence electrons. The van der Waals surface area contributed by atoms with Gasteiger partial charge in [-0.25, -0.2) is 9.97 Å². The van der Waals surface area contributed by atoms with Gasteiger partial charge in [0.15, 0.2) is 0 Å². The van der Waals surface area contributed by atoms with Crippen molar-refractivity contribution in [3.63, 3.8) is 0 Å². The third-order valence-electron chi connectivity index (χ3n) is 2.95. The smallest absolute Gasteiger partial charge is 0.274 e. The number of nitrogens with zero attached hydrogens (tertiary/aromatic N) is 2. The van der Waals surface area contributed by atoms with Crippen molar-refractivity contribution in [3.8, 4) is 0 Å². The van der Waals surface area contributed by atoms with Gasteiger partial charge >= 0.3 is 0 Å². The molecular weight excluding hydrogens is 300 g/mol. The SMILES string of the molecule is Cc1cc(C(=O)Nc2cc(Cl)ccc2C)nc(NC(C)C)n1. The first kappa shape index (κ1) is 16.2. The topological polar surface area (TPSA) is 66.9 Å². The van der Waals surface area contributed by atoms with Crippen molar-refractivity contribution >= 4 is 29.1 Å². The van der Waals surface area contributed by atoms with Crippen LogP contribution in [0.2, 0.25) is 5.02 Å². The normalized spacial score (nSPS) is 10.6. The monoisotopic (exact) mass is 318 g/mol. The number of anilines is 2. The van der Waals surface area contributed by atoms with E-state index in [2.05, 4.69) is 20.6 Å². The van der Waals surface area contributed by atoms with E-state index in [1.807, 2.05) is 33.8 Å². The molecule has 0 bridgehead atoms. The van der Waals surface area contributed by atoms with Crippen LogP contribution in [-0.2, 0) is 0 Å². The van der Waals surface area contributed by atoms with E-state index in [-0.39, 0.29) is 11.9 Å². The number of amides is 1. The van der Waals surface area contributed by atoms with Crippen molar-refractivity contribution in [1.82, 2.24) is 9.97 Å². The number of rotatable bonds is 4. The molecular formula is C16H19ClN4O. The number of aromatic nitrogens is 2. The fraction of sp³-hybridized carbons (Fsp3) is 0.312. The van der Waals surface area contributed by atoms with Crippen LogP contribution in [0, 0.1) is 13.8 Å².